The molecule has 0 saturated carbocycles. The van der Waals surface area contributed by atoms with Crippen molar-refractivity contribution < 1.29 is 5.11 Å². The Hall–Kier alpha value is -0.410. The van der Waals surface area contributed by atoms with Gasteiger partial charge in [-0.05, 0) is 14.0 Å². The van der Waals surface area contributed by atoms with Gasteiger partial charge in [-0.15, -0.1) is 0 Å². The summed E-state index contributed by atoms with van der Waals surface area (Å²) in [5, 5.41) is 9.44. The molecule has 1 N–H and O–H groups in total. The molecule has 0 fully saturated rings. The quantitative estimate of drug-likeness (QED) is 0.590. The van der Waals surface area contributed by atoms with E-state index in [4.69, 9.17) is 0 Å². The number of hydrogen-bond donors (Lipinski definition) is 1. The first-order chi connectivity index (χ1) is 5.34. The first-order valence-corrected chi connectivity index (χ1v) is 4.32. The summed E-state index contributed by atoms with van der Waals surface area (Å²) in [5.41, 5.74) is 1.14. The normalized spacial score (nSPS) is 32.3. The van der Waals surface area contributed by atoms with Crippen molar-refractivity contribution in [2.24, 2.45) is 10.4 Å². The van der Waals surface area contributed by atoms with E-state index < -0.39 is 6.35 Å². The van der Waals surface area contributed by atoms with Crippen LogP contribution in [0.4, 0.5) is 0 Å². The van der Waals surface area contributed by atoms with Crippen LogP contribution in [0.15, 0.2) is 4.99 Å². The highest BCUT2D eigenvalue weighted by atomic mass is 16.3. The van der Waals surface area contributed by atoms with Gasteiger partial charge >= 0.3 is 0 Å². The Morgan fingerprint density at radius 3 is 2.08 bits per heavy atom. The van der Waals surface area contributed by atoms with Crippen molar-refractivity contribution >= 4 is 5.71 Å². The molecule has 0 aromatic carbocycles. The molecule has 2 atom stereocenters. The van der Waals surface area contributed by atoms with Crippen LogP contribution in [0.3, 0.4) is 0 Å². The lowest BCUT2D eigenvalue weighted by molar-refractivity contribution is 0.0369. The van der Waals surface area contributed by atoms with Gasteiger partial charge in [-0.3, -0.25) is 4.90 Å². The lowest BCUT2D eigenvalue weighted by atomic mass is 9.86. The average molecular weight is 170 g/mol. The van der Waals surface area contributed by atoms with Crippen molar-refractivity contribution in [1.82, 2.24) is 4.90 Å². The Morgan fingerprint density at radius 2 is 1.92 bits per heavy atom. The second-order valence-corrected chi connectivity index (χ2v) is 4.45. The number of nitrogens with zero attached hydrogens (tertiary/aromatic N) is 2. The van der Waals surface area contributed by atoms with Crippen molar-refractivity contribution in [2.75, 3.05) is 7.05 Å². The van der Waals surface area contributed by atoms with E-state index in [-0.39, 0.29) is 11.5 Å². The predicted molar refractivity (Wildman–Crippen MR) is 50.1 cm³/mol. The third kappa shape index (κ3) is 1.52. The summed E-state index contributed by atoms with van der Waals surface area (Å²) in [7, 11) is 1.89. The Bertz CT molecular complexity index is 205. The molecular formula is C9H18N2O. The molecule has 0 radical (unpaired) electrons. The Morgan fingerprint density at radius 1 is 1.42 bits per heavy atom. The Balaban J connectivity index is 2.87. The molecule has 12 heavy (non-hydrogen) atoms. The molecule has 1 aliphatic rings. The minimum absolute atomic E-state index is 0.0607. The van der Waals surface area contributed by atoms with E-state index in [1.807, 2.05) is 11.9 Å². The maximum absolute atomic E-state index is 9.44. The number of hydrogen-bond acceptors (Lipinski definition) is 3. The van der Waals surface area contributed by atoms with Crippen LogP contribution in [0, 0.1) is 5.41 Å². The van der Waals surface area contributed by atoms with Gasteiger partial charge in [-0.1, -0.05) is 20.8 Å². The average Bonchev–Trinajstić information content (AvgIpc) is 2.15. The lowest BCUT2D eigenvalue weighted by Crippen LogP contribution is -2.38. The van der Waals surface area contributed by atoms with E-state index in [0.29, 0.717) is 0 Å². The molecule has 1 unspecified atom stereocenters. The first-order valence-electron chi connectivity index (χ1n) is 4.32. The van der Waals surface area contributed by atoms with E-state index in [1.165, 1.54) is 0 Å². The zero-order valence-electron chi connectivity index (χ0n) is 8.50. The highest BCUT2D eigenvalue weighted by molar-refractivity contribution is 5.94. The molecule has 0 saturated heterocycles. The van der Waals surface area contributed by atoms with Gasteiger partial charge in [-0.25, -0.2) is 4.99 Å². The van der Waals surface area contributed by atoms with Crippen LogP contribution >= 0.6 is 0 Å². The second-order valence-electron chi connectivity index (χ2n) is 4.45. The van der Waals surface area contributed by atoms with Crippen LogP contribution in [0.5, 0.6) is 0 Å². The molecule has 70 valence electrons. The van der Waals surface area contributed by atoms with Gasteiger partial charge in [0.25, 0.3) is 0 Å². The lowest BCUT2D eigenvalue weighted by Gasteiger charge is -2.25. The summed E-state index contributed by atoms with van der Waals surface area (Å²) in [4.78, 5) is 6.08. The van der Waals surface area contributed by atoms with Crippen LogP contribution in [-0.4, -0.2) is 35.2 Å². The third-order valence-corrected chi connectivity index (χ3v) is 2.39. The zero-order chi connectivity index (χ0) is 9.52. The van der Waals surface area contributed by atoms with Gasteiger partial charge in [0, 0.05) is 17.2 Å². The van der Waals surface area contributed by atoms with Crippen LogP contribution in [0.25, 0.3) is 0 Å². The van der Waals surface area contributed by atoms with E-state index in [2.05, 4.69) is 32.7 Å². The Kier molecular flexibility index (Phi) is 2.27. The van der Waals surface area contributed by atoms with Gasteiger partial charge in [0.15, 0.2) is 0 Å². The van der Waals surface area contributed by atoms with Crippen molar-refractivity contribution in [2.45, 2.75) is 40.1 Å². The second kappa shape index (κ2) is 2.82. The summed E-state index contributed by atoms with van der Waals surface area (Å²) < 4.78 is 0. The van der Waals surface area contributed by atoms with Gasteiger partial charge < -0.3 is 5.11 Å². The fourth-order valence-electron chi connectivity index (χ4n) is 1.54. The molecule has 0 amide bonds. The predicted octanol–water partition coefficient (Wildman–Crippen LogP) is 1.08. The zero-order valence-corrected chi connectivity index (χ0v) is 8.50. The van der Waals surface area contributed by atoms with Crippen molar-refractivity contribution in [3.8, 4) is 0 Å². The summed E-state index contributed by atoms with van der Waals surface area (Å²) in [5.74, 6) is 0. The third-order valence-electron chi connectivity index (χ3n) is 2.39. The standard InChI is InChI=1S/C9H18N2O/c1-6-7(9(2,3)4)10-8(12)11(6)5/h6,8,12H,1-5H3/t6-,8?/m0/s1. The topological polar surface area (TPSA) is 35.8 Å². The molecule has 0 aromatic rings. The Labute approximate surface area is 74.1 Å². The maximum atomic E-state index is 9.44. The first kappa shape index (κ1) is 9.68. The van der Waals surface area contributed by atoms with E-state index in [1.54, 1.807) is 0 Å². The van der Waals surface area contributed by atoms with Crippen LogP contribution < -0.4 is 0 Å². The van der Waals surface area contributed by atoms with Crippen LogP contribution in [0.2, 0.25) is 0 Å². The van der Waals surface area contributed by atoms with Crippen LogP contribution in [0.1, 0.15) is 27.7 Å². The summed E-state index contributed by atoms with van der Waals surface area (Å²) in [6, 6.07) is 0.250. The molecule has 0 bridgehead atoms. The number of aliphatic hydroxyl groups is 1. The molecule has 0 aromatic heterocycles. The molecule has 3 heteroatoms. The minimum atomic E-state index is -0.644. The highest BCUT2D eigenvalue weighted by Gasteiger charge is 2.35. The van der Waals surface area contributed by atoms with Crippen molar-refractivity contribution in [1.29, 1.82) is 0 Å². The van der Waals surface area contributed by atoms with Gasteiger partial charge in [0.1, 0.15) is 0 Å². The fourth-order valence-corrected chi connectivity index (χ4v) is 1.54. The molecule has 1 aliphatic heterocycles. The van der Waals surface area contributed by atoms with Crippen molar-refractivity contribution in [3.63, 3.8) is 0 Å². The molecule has 3 nitrogen and oxygen atoms in total. The number of rotatable bonds is 0. The largest absolute Gasteiger partial charge is 0.359 e. The molecule has 1 heterocycles. The SMILES string of the molecule is C[C@H]1C(C(C)(C)C)=NC(O)N1C. The molecule has 1 rings (SSSR count). The number of aliphatic imine (C=N–C) groups is 1. The molecule has 0 aliphatic carbocycles. The smallest absolute Gasteiger partial charge is 0.204 e. The molecular weight excluding hydrogens is 152 g/mol. The highest BCUT2D eigenvalue weighted by Crippen LogP contribution is 2.26. The van der Waals surface area contributed by atoms with Gasteiger partial charge in [0.2, 0.25) is 6.35 Å². The van der Waals surface area contributed by atoms with E-state index in [9.17, 15) is 5.11 Å². The summed E-state index contributed by atoms with van der Waals surface area (Å²) in [6.45, 7) is 8.43. The maximum Gasteiger partial charge on any atom is 0.204 e. The van der Waals surface area contributed by atoms with E-state index in [0.717, 1.165) is 5.71 Å². The summed E-state index contributed by atoms with van der Waals surface area (Å²) >= 11 is 0. The number of aliphatic hydroxyl groups excluding tert-OH is 1. The van der Waals surface area contributed by atoms with Crippen molar-refractivity contribution in [3.05, 3.63) is 0 Å². The van der Waals surface area contributed by atoms with Crippen LogP contribution in [-0.2, 0) is 0 Å². The minimum Gasteiger partial charge on any atom is -0.359 e. The van der Waals surface area contributed by atoms with Gasteiger partial charge in [0.05, 0.1) is 0 Å². The fraction of sp³-hybridized carbons (Fsp3) is 0.889. The van der Waals surface area contributed by atoms with E-state index >= 15 is 0 Å². The molecule has 0 spiro atoms. The van der Waals surface area contributed by atoms with Gasteiger partial charge in [-0.2, -0.15) is 0 Å². The summed E-state index contributed by atoms with van der Waals surface area (Å²) in [6.07, 6.45) is -0.644. The monoisotopic (exact) mass is 170 g/mol.